The summed E-state index contributed by atoms with van der Waals surface area (Å²) in [6.45, 7) is 1.33. The van der Waals surface area contributed by atoms with Gasteiger partial charge >= 0.3 is 5.97 Å². The van der Waals surface area contributed by atoms with Gasteiger partial charge in [-0.3, -0.25) is 4.79 Å². The predicted molar refractivity (Wildman–Crippen MR) is 77.1 cm³/mol. The first-order valence-corrected chi connectivity index (χ1v) is 8.19. The fraction of sp³-hybridized carbons (Fsp3) is 0.417. The molecule has 0 radical (unpaired) electrons. The molecule has 0 amide bonds. The lowest BCUT2D eigenvalue weighted by atomic mass is 9.86. The van der Waals surface area contributed by atoms with Crippen LogP contribution in [0, 0.1) is 5.41 Å². The Hall–Kier alpha value is -0.860. The second kappa shape index (κ2) is 5.73. The summed E-state index contributed by atoms with van der Waals surface area (Å²) in [5.41, 5.74) is -1.34. The number of hydrogen-bond acceptors (Lipinski definition) is 4. The highest BCUT2D eigenvalue weighted by atomic mass is 35.5. The zero-order valence-corrected chi connectivity index (χ0v) is 13.3. The van der Waals surface area contributed by atoms with Gasteiger partial charge in [0.1, 0.15) is 10.3 Å². The van der Waals surface area contributed by atoms with Crippen LogP contribution in [-0.4, -0.2) is 38.7 Å². The molecule has 2 unspecified atom stereocenters. The van der Waals surface area contributed by atoms with Crippen molar-refractivity contribution in [1.82, 2.24) is 4.72 Å². The van der Waals surface area contributed by atoms with Gasteiger partial charge < -0.3 is 9.84 Å². The van der Waals surface area contributed by atoms with E-state index in [0.717, 1.165) is 0 Å². The van der Waals surface area contributed by atoms with Gasteiger partial charge in [-0.05, 0) is 25.1 Å². The zero-order chi connectivity index (χ0) is 15.8. The molecule has 2 rings (SSSR count). The van der Waals surface area contributed by atoms with Crippen molar-refractivity contribution < 1.29 is 23.1 Å². The third-order valence-corrected chi connectivity index (χ3v) is 5.61. The molecule has 6 nitrogen and oxygen atoms in total. The predicted octanol–water partition coefficient (Wildman–Crippen LogP) is 1.76. The number of hydrogen-bond donors (Lipinski definition) is 2. The van der Waals surface area contributed by atoms with E-state index in [-0.39, 0.29) is 28.2 Å². The normalized spacial score (nSPS) is 26.0. The number of ether oxygens (including phenoxy) is 1. The van der Waals surface area contributed by atoms with Crippen LogP contribution in [-0.2, 0) is 19.6 Å². The lowest BCUT2D eigenvalue weighted by Crippen LogP contribution is -2.49. The van der Waals surface area contributed by atoms with Crippen molar-refractivity contribution in [1.29, 1.82) is 0 Å². The minimum atomic E-state index is -4.01. The second-order valence-electron chi connectivity index (χ2n) is 4.99. The summed E-state index contributed by atoms with van der Waals surface area (Å²) in [6, 6.07) is 3.14. The van der Waals surface area contributed by atoms with E-state index in [4.69, 9.17) is 27.9 Å². The average molecular weight is 354 g/mol. The highest BCUT2D eigenvalue weighted by molar-refractivity contribution is 7.89. The number of nitrogens with one attached hydrogen (secondary N) is 1. The van der Waals surface area contributed by atoms with Crippen LogP contribution in [0.1, 0.15) is 6.92 Å². The SMILES string of the molecule is CC1(C(=O)O)COCC1NS(=O)(=O)c1cc(Cl)ccc1Cl. The van der Waals surface area contributed by atoms with Crippen LogP contribution >= 0.6 is 23.2 Å². The van der Waals surface area contributed by atoms with Gasteiger partial charge in [-0.25, -0.2) is 13.1 Å². The van der Waals surface area contributed by atoms with Gasteiger partial charge in [0.2, 0.25) is 10.0 Å². The van der Waals surface area contributed by atoms with Crippen molar-refractivity contribution in [2.24, 2.45) is 5.41 Å². The molecule has 1 saturated heterocycles. The Labute approximate surface area is 132 Å². The Morgan fingerprint density at radius 2 is 2.14 bits per heavy atom. The number of carboxylic acids is 1. The molecule has 0 spiro atoms. The second-order valence-corrected chi connectivity index (χ2v) is 7.51. The topological polar surface area (TPSA) is 92.7 Å². The van der Waals surface area contributed by atoms with E-state index in [1.54, 1.807) is 0 Å². The first kappa shape index (κ1) is 16.5. The highest BCUT2D eigenvalue weighted by Crippen LogP contribution is 2.31. The van der Waals surface area contributed by atoms with Crippen molar-refractivity contribution in [3.63, 3.8) is 0 Å². The Morgan fingerprint density at radius 1 is 1.48 bits per heavy atom. The minimum absolute atomic E-state index is 0.00263. The Bertz CT molecular complexity index is 678. The van der Waals surface area contributed by atoms with E-state index >= 15 is 0 Å². The van der Waals surface area contributed by atoms with Crippen molar-refractivity contribution >= 4 is 39.2 Å². The van der Waals surface area contributed by atoms with Gasteiger partial charge in [-0.1, -0.05) is 23.2 Å². The summed E-state index contributed by atoms with van der Waals surface area (Å²) in [4.78, 5) is 11.1. The number of benzene rings is 1. The molecule has 1 heterocycles. The lowest BCUT2D eigenvalue weighted by Gasteiger charge is -2.25. The van der Waals surface area contributed by atoms with Gasteiger partial charge in [0.15, 0.2) is 0 Å². The fourth-order valence-corrected chi connectivity index (χ4v) is 4.08. The molecular weight excluding hydrogens is 341 g/mol. The molecule has 1 aromatic carbocycles. The van der Waals surface area contributed by atoms with Gasteiger partial charge in [-0.15, -0.1) is 0 Å². The molecule has 21 heavy (non-hydrogen) atoms. The molecule has 1 fully saturated rings. The molecular formula is C12H13Cl2NO5S. The Kier molecular flexibility index (Phi) is 4.51. The van der Waals surface area contributed by atoms with Gasteiger partial charge in [0.25, 0.3) is 0 Å². The van der Waals surface area contributed by atoms with E-state index < -0.39 is 27.4 Å². The quantitative estimate of drug-likeness (QED) is 0.860. The minimum Gasteiger partial charge on any atom is -0.481 e. The Balaban J connectivity index is 2.34. The lowest BCUT2D eigenvalue weighted by molar-refractivity contribution is -0.148. The third kappa shape index (κ3) is 3.17. The molecule has 2 N–H and O–H groups in total. The summed E-state index contributed by atoms with van der Waals surface area (Å²) in [7, 11) is -4.01. The first-order valence-electron chi connectivity index (χ1n) is 5.95. The molecule has 1 aliphatic rings. The van der Waals surface area contributed by atoms with E-state index in [9.17, 15) is 18.3 Å². The maximum absolute atomic E-state index is 12.4. The number of carbonyl (C=O) groups is 1. The molecule has 1 aromatic rings. The van der Waals surface area contributed by atoms with Crippen LogP contribution in [0.5, 0.6) is 0 Å². The standard InChI is InChI=1S/C12H13Cl2NO5S/c1-12(11(16)17)6-20-5-10(12)15-21(18,19)9-4-7(13)2-3-8(9)14/h2-4,10,15H,5-6H2,1H3,(H,16,17). The van der Waals surface area contributed by atoms with Crippen LogP contribution < -0.4 is 4.72 Å². The molecule has 0 aromatic heterocycles. The maximum Gasteiger partial charge on any atom is 0.313 e. The van der Waals surface area contributed by atoms with E-state index in [1.807, 2.05) is 0 Å². The summed E-state index contributed by atoms with van der Waals surface area (Å²) in [6.07, 6.45) is 0. The molecule has 2 atom stereocenters. The van der Waals surface area contributed by atoms with E-state index in [0.29, 0.717) is 0 Å². The number of sulfonamides is 1. The van der Waals surface area contributed by atoms with Crippen molar-refractivity contribution in [2.75, 3.05) is 13.2 Å². The van der Waals surface area contributed by atoms with Gasteiger partial charge in [0, 0.05) is 5.02 Å². The van der Waals surface area contributed by atoms with Crippen LogP contribution in [0.25, 0.3) is 0 Å². The third-order valence-electron chi connectivity index (χ3n) is 3.42. The highest BCUT2D eigenvalue weighted by Gasteiger charge is 2.48. The van der Waals surface area contributed by atoms with Crippen molar-refractivity contribution in [3.05, 3.63) is 28.2 Å². The molecule has 0 bridgehead atoms. The van der Waals surface area contributed by atoms with Crippen LogP contribution in [0.15, 0.2) is 23.1 Å². The first-order chi connectivity index (χ1) is 9.67. The van der Waals surface area contributed by atoms with Crippen LogP contribution in [0.2, 0.25) is 10.0 Å². The molecule has 0 aliphatic carbocycles. The zero-order valence-electron chi connectivity index (χ0n) is 11.0. The van der Waals surface area contributed by atoms with Crippen molar-refractivity contribution in [2.45, 2.75) is 17.9 Å². The van der Waals surface area contributed by atoms with E-state index in [2.05, 4.69) is 4.72 Å². The van der Waals surface area contributed by atoms with E-state index in [1.165, 1.54) is 25.1 Å². The average Bonchev–Trinajstić information content (AvgIpc) is 2.74. The molecule has 1 aliphatic heterocycles. The summed E-state index contributed by atoms with van der Waals surface area (Å²) in [5, 5.41) is 9.46. The number of carboxylic acid groups (broad SMARTS) is 1. The summed E-state index contributed by atoms with van der Waals surface area (Å²) in [5.74, 6) is -1.13. The number of halogens is 2. The number of aliphatic carboxylic acids is 1. The largest absolute Gasteiger partial charge is 0.481 e. The van der Waals surface area contributed by atoms with Gasteiger partial charge in [0.05, 0.1) is 24.3 Å². The van der Waals surface area contributed by atoms with Crippen LogP contribution in [0.4, 0.5) is 0 Å². The maximum atomic E-state index is 12.4. The molecule has 9 heteroatoms. The van der Waals surface area contributed by atoms with Crippen LogP contribution in [0.3, 0.4) is 0 Å². The molecule has 0 saturated carbocycles. The van der Waals surface area contributed by atoms with Crippen molar-refractivity contribution in [3.8, 4) is 0 Å². The molecule has 116 valence electrons. The summed E-state index contributed by atoms with van der Waals surface area (Å²) >= 11 is 11.7. The van der Waals surface area contributed by atoms with Gasteiger partial charge in [-0.2, -0.15) is 0 Å². The number of rotatable bonds is 4. The fourth-order valence-electron chi connectivity index (χ4n) is 1.98. The smallest absolute Gasteiger partial charge is 0.313 e. The Morgan fingerprint density at radius 3 is 2.76 bits per heavy atom. The monoisotopic (exact) mass is 353 g/mol. The summed E-state index contributed by atoms with van der Waals surface area (Å²) < 4.78 is 32.2.